The predicted octanol–water partition coefficient (Wildman–Crippen LogP) is 3.17. The van der Waals surface area contributed by atoms with Gasteiger partial charge in [-0.05, 0) is 37.9 Å². The van der Waals surface area contributed by atoms with Crippen molar-refractivity contribution in [3.8, 4) is 0 Å². The Labute approximate surface area is 120 Å². The summed E-state index contributed by atoms with van der Waals surface area (Å²) >= 11 is 0. The first-order valence-electron chi connectivity index (χ1n) is 7.50. The standard InChI is InChI=1S/C16H24F2N2/c1-3-8-19-15-7-9-20(10-12(15)2)11-13-5-4-6-14(17)16(13)18/h4-6,12,15,19H,3,7-11H2,1-2H3. The molecule has 1 aliphatic rings. The van der Waals surface area contributed by atoms with Crippen molar-refractivity contribution in [2.24, 2.45) is 5.92 Å². The first-order chi connectivity index (χ1) is 9.61. The van der Waals surface area contributed by atoms with Gasteiger partial charge in [0.25, 0.3) is 0 Å². The highest BCUT2D eigenvalue weighted by Crippen LogP contribution is 2.20. The Morgan fingerprint density at radius 2 is 2.15 bits per heavy atom. The molecule has 2 rings (SSSR count). The van der Waals surface area contributed by atoms with E-state index in [0.29, 0.717) is 24.1 Å². The summed E-state index contributed by atoms with van der Waals surface area (Å²) in [5.74, 6) is -0.923. The van der Waals surface area contributed by atoms with Crippen molar-refractivity contribution in [1.82, 2.24) is 10.2 Å². The second kappa shape index (κ2) is 7.14. The molecule has 1 N–H and O–H groups in total. The molecule has 0 bridgehead atoms. The largest absolute Gasteiger partial charge is 0.314 e. The Morgan fingerprint density at radius 1 is 1.35 bits per heavy atom. The van der Waals surface area contributed by atoms with Gasteiger partial charge in [-0.3, -0.25) is 4.90 Å². The minimum Gasteiger partial charge on any atom is -0.314 e. The third kappa shape index (κ3) is 3.76. The number of rotatable bonds is 5. The molecule has 1 heterocycles. The molecule has 2 unspecified atom stereocenters. The van der Waals surface area contributed by atoms with Crippen molar-refractivity contribution in [3.63, 3.8) is 0 Å². The third-order valence-corrected chi connectivity index (χ3v) is 4.07. The van der Waals surface area contributed by atoms with Gasteiger partial charge in [-0.15, -0.1) is 0 Å². The van der Waals surface area contributed by atoms with Gasteiger partial charge in [0.05, 0.1) is 0 Å². The van der Waals surface area contributed by atoms with E-state index in [4.69, 9.17) is 0 Å². The van der Waals surface area contributed by atoms with Gasteiger partial charge in [-0.25, -0.2) is 8.78 Å². The van der Waals surface area contributed by atoms with Crippen LogP contribution in [0.2, 0.25) is 0 Å². The fraction of sp³-hybridized carbons (Fsp3) is 0.625. The Balaban J connectivity index is 1.91. The first-order valence-corrected chi connectivity index (χ1v) is 7.50. The maximum Gasteiger partial charge on any atom is 0.163 e. The van der Waals surface area contributed by atoms with E-state index in [0.717, 1.165) is 32.5 Å². The molecular formula is C16H24F2N2. The first kappa shape index (κ1) is 15.4. The number of piperidine rings is 1. The SMILES string of the molecule is CCCNC1CCN(Cc2cccc(F)c2F)CC1C. The zero-order valence-electron chi connectivity index (χ0n) is 12.3. The van der Waals surface area contributed by atoms with Crippen molar-refractivity contribution in [1.29, 1.82) is 0 Å². The molecule has 0 amide bonds. The zero-order valence-corrected chi connectivity index (χ0v) is 12.3. The molecule has 1 saturated heterocycles. The number of hydrogen-bond donors (Lipinski definition) is 1. The normalized spacial score (nSPS) is 24.0. The van der Waals surface area contributed by atoms with E-state index >= 15 is 0 Å². The van der Waals surface area contributed by atoms with Crippen molar-refractivity contribution >= 4 is 0 Å². The third-order valence-electron chi connectivity index (χ3n) is 4.07. The Kier molecular flexibility index (Phi) is 5.49. The molecule has 1 fully saturated rings. The van der Waals surface area contributed by atoms with E-state index in [1.54, 1.807) is 12.1 Å². The molecule has 2 nitrogen and oxygen atoms in total. The van der Waals surface area contributed by atoms with Crippen molar-refractivity contribution in [2.75, 3.05) is 19.6 Å². The van der Waals surface area contributed by atoms with E-state index in [-0.39, 0.29) is 0 Å². The van der Waals surface area contributed by atoms with Gasteiger partial charge < -0.3 is 5.32 Å². The predicted molar refractivity (Wildman–Crippen MR) is 77.5 cm³/mol. The monoisotopic (exact) mass is 282 g/mol. The Morgan fingerprint density at radius 3 is 2.85 bits per heavy atom. The minimum absolute atomic E-state index is 0.456. The van der Waals surface area contributed by atoms with E-state index in [9.17, 15) is 8.78 Å². The Bertz CT molecular complexity index is 436. The van der Waals surface area contributed by atoms with Gasteiger partial charge in [0, 0.05) is 24.7 Å². The van der Waals surface area contributed by atoms with Gasteiger partial charge in [-0.1, -0.05) is 26.0 Å². The van der Waals surface area contributed by atoms with Crippen LogP contribution in [0.25, 0.3) is 0 Å². The fourth-order valence-corrected chi connectivity index (χ4v) is 2.92. The smallest absolute Gasteiger partial charge is 0.163 e. The van der Waals surface area contributed by atoms with Crippen LogP contribution in [-0.4, -0.2) is 30.6 Å². The van der Waals surface area contributed by atoms with Crippen LogP contribution in [0.1, 0.15) is 32.3 Å². The highest BCUT2D eigenvalue weighted by molar-refractivity contribution is 5.19. The zero-order chi connectivity index (χ0) is 14.5. The molecule has 0 aliphatic carbocycles. The number of hydrogen-bond acceptors (Lipinski definition) is 2. The highest BCUT2D eigenvalue weighted by Gasteiger charge is 2.26. The lowest BCUT2D eigenvalue weighted by Crippen LogP contribution is -2.48. The summed E-state index contributed by atoms with van der Waals surface area (Å²) in [7, 11) is 0. The lowest BCUT2D eigenvalue weighted by Gasteiger charge is -2.37. The van der Waals surface area contributed by atoms with Gasteiger partial charge in [-0.2, -0.15) is 0 Å². The molecule has 0 spiro atoms. The van der Waals surface area contributed by atoms with E-state index in [2.05, 4.69) is 24.1 Å². The van der Waals surface area contributed by atoms with Gasteiger partial charge in [0.15, 0.2) is 11.6 Å². The van der Waals surface area contributed by atoms with E-state index < -0.39 is 11.6 Å². The number of benzene rings is 1. The summed E-state index contributed by atoms with van der Waals surface area (Å²) in [6.07, 6.45) is 2.21. The van der Waals surface area contributed by atoms with Crippen LogP contribution in [0.5, 0.6) is 0 Å². The van der Waals surface area contributed by atoms with Crippen molar-refractivity contribution < 1.29 is 8.78 Å². The average Bonchev–Trinajstić information content (AvgIpc) is 2.43. The van der Waals surface area contributed by atoms with Crippen LogP contribution in [0.4, 0.5) is 8.78 Å². The van der Waals surface area contributed by atoms with Gasteiger partial charge in [0.1, 0.15) is 0 Å². The minimum atomic E-state index is -0.755. The summed E-state index contributed by atoms with van der Waals surface area (Å²) in [5, 5.41) is 3.57. The maximum absolute atomic E-state index is 13.7. The molecule has 0 aromatic heterocycles. The molecule has 112 valence electrons. The van der Waals surface area contributed by atoms with Crippen LogP contribution in [0.15, 0.2) is 18.2 Å². The van der Waals surface area contributed by atoms with E-state index in [1.165, 1.54) is 6.07 Å². The molecule has 4 heteroatoms. The van der Waals surface area contributed by atoms with Crippen molar-refractivity contribution in [3.05, 3.63) is 35.4 Å². The molecular weight excluding hydrogens is 258 g/mol. The average molecular weight is 282 g/mol. The number of nitrogens with one attached hydrogen (secondary N) is 1. The summed E-state index contributed by atoms with van der Waals surface area (Å²) in [6, 6.07) is 4.96. The second-order valence-corrected chi connectivity index (χ2v) is 5.77. The second-order valence-electron chi connectivity index (χ2n) is 5.77. The summed E-state index contributed by atoms with van der Waals surface area (Å²) < 4.78 is 26.9. The quantitative estimate of drug-likeness (QED) is 0.892. The Hall–Kier alpha value is -1.00. The van der Waals surface area contributed by atoms with Crippen molar-refractivity contribution in [2.45, 2.75) is 39.3 Å². The molecule has 0 saturated carbocycles. The lowest BCUT2D eigenvalue weighted by atomic mass is 9.93. The van der Waals surface area contributed by atoms with Crippen LogP contribution >= 0.6 is 0 Å². The fourth-order valence-electron chi connectivity index (χ4n) is 2.92. The van der Waals surface area contributed by atoms with Crippen LogP contribution in [0.3, 0.4) is 0 Å². The van der Waals surface area contributed by atoms with Crippen LogP contribution in [-0.2, 0) is 6.54 Å². The summed E-state index contributed by atoms with van der Waals surface area (Å²) in [4.78, 5) is 2.21. The maximum atomic E-state index is 13.7. The molecule has 2 atom stereocenters. The van der Waals surface area contributed by atoms with Gasteiger partial charge >= 0.3 is 0 Å². The van der Waals surface area contributed by atoms with E-state index in [1.807, 2.05) is 0 Å². The number of nitrogens with zero attached hydrogens (tertiary/aromatic N) is 1. The lowest BCUT2D eigenvalue weighted by molar-refractivity contribution is 0.139. The highest BCUT2D eigenvalue weighted by atomic mass is 19.2. The molecule has 0 radical (unpaired) electrons. The molecule has 1 aromatic carbocycles. The number of likely N-dealkylation sites (tertiary alicyclic amines) is 1. The van der Waals surface area contributed by atoms with Crippen LogP contribution in [0, 0.1) is 17.6 Å². The molecule has 20 heavy (non-hydrogen) atoms. The summed E-state index contributed by atoms with van der Waals surface area (Å²) in [5.41, 5.74) is 0.456. The van der Waals surface area contributed by atoms with Gasteiger partial charge in [0.2, 0.25) is 0 Å². The molecule has 1 aliphatic heterocycles. The topological polar surface area (TPSA) is 15.3 Å². The molecule has 1 aromatic rings. The summed E-state index contributed by atoms with van der Waals surface area (Å²) in [6.45, 7) is 7.79. The van der Waals surface area contributed by atoms with Crippen LogP contribution < -0.4 is 5.32 Å². The number of halogens is 2.